The van der Waals surface area contributed by atoms with Crippen molar-refractivity contribution >= 4 is 32.7 Å². The Kier molecular flexibility index (Phi) is 5.65. The molecule has 5 rings (SSSR count). The van der Waals surface area contributed by atoms with Gasteiger partial charge in [-0.3, -0.25) is 9.69 Å². The molecule has 3 amide bonds. The molecule has 0 unspecified atom stereocenters. The Morgan fingerprint density at radius 3 is 2.40 bits per heavy atom. The van der Waals surface area contributed by atoms with Crippen LogP contribution in [0.4, 0.5) is 4.79 Å². The molecule has 10 nitrogen and oxygen atoms in total. The van der Waals surface area contributed by atoms with E-state index in [9.17, 15) is 18.0 Å². The summed E-state index contributed by atoms with van der Waals surface area (Å²) in [7, 11) is -3.74. The number of urea groups is 1. The average Bonchev–Trinajstić information content (AvgIpc) is 3.30. The first-order valence-corrected chi connectivity index (χ1v) is 12.8. The highest BCUT2D eigenvalue weighted by atomic mass is 32.2. The molecule has 3 heterocycles. The Morgan fingerprint density at radius 2 is 1.71 bits per heavy atom. The topological polar surface area (TPSA) is 116 Å². The van der Waals surface area contributed by atoms with E-state index in [2.05, 4.69) is 10.5 Å². The summed E-state index contributed by atoms with van der Waals surface area (Å²) in [4.78, 5) is 29.6. The molecule has 2 aliphatic rings. The predicted octanol–water partition coefficient (Wildman–Crippen LogP) is 2.18. The van der Waals surface area contributed by atoms with Gasteiger partial charge < -0.3 is 9.84 Å². The Bertz CT molecular complexity index is 1400. The van der Waals surface area contributed by atoms with Gasteiger partial charge in [0.2, 0.25) is 10.0 Å². The van der Waals surface area contributed by atoms with Crippen molar-refractivity contribution in [3.63, 3.8) is 0 Å². The smallest absolute Gasteiger partial charge is 0.326 e. The van der Waals surface area contributed by atoms with Gasteiger partial charge in [-0.15, -0.1) is 0 Å². The molecule has 3 aromatic rings. The standard InChI is InChI=1S/C24H27N5O5S/c1-16-21(17(2)34-26-16)35(32,33)28-13-11-27(12-14-28)15-29-22(30)24(3,25-23(29)31)20-10-6-8-18-7-4-5-9-19(18)20/h4-10H,11-15H2,1-3H3,(H,25,31)/t24-/m0/s1. The van der Waals surface area contributed by atoms with E-state index in [1.54, 1.807) is 20.8 Å². The normalized spacial score (nSPS) is 22.2. The summed E-state index contributed by atoms with van der Waals surface area (Å²) in [5, 5.41) is 8.53. The zero-order chi connectivity index (χ0) is 25.0. The number of sulfonamides is 1. The molecule has 0 radical (unpaired) electrons. The first-order valence-electron chi connectivity index (χ1n) is 11.4. The van der Waals surface area contributed by atoms with Crippen molar-refractivity contribution < 1.29 is 22.5 Å². The Balaban J connectivity index is 1.30. The second-order valence-corrected chi connectivity index (χ2v) is 11.0. The maximum atomic E-state index is 13.5. The van der Waals surface area contributed by atoms with Crippen molar-refractivity contribution in [1.29, 1.82) is 0 Å². The van der Waals surface area contributed by atoms with Crippen LogP contribution < -0.4 is 5.32 Å². The summed E-state index contributed by atoms with van der Waals surface area (Å²) < 4.78 is 32.6. The first kappa shape index (κ1) is 23.5. The fourth-order valence-electron chi connectivity index (χ4n) is 4.95. The molecule has 184 valence electrons. The zero-order valence-corrected chi connectivity index (χ0v) is 20.6. The average molecular weight is 498 g/mol. The number of nitrogens with zero attached hydrogens (tertiary/aromatic N) is 4. The number of hydrogen-bond acceptors (Lipinski definition) is 7. The van der Waals surface area contributed by atoms with Gasteiger partial charge in [0.05, 0.1) is 6.67 Å². The van der Waals surface area contributed by atoms with E-state index in [0.29, 0.717) is 18.8 Å². The molecule has 0 bridgehead atoms. The largest absolute Gasteiger partial charge is 0.360 e. The van der Waals surface area contributed by atoms with Gasteiger partial charge in [-0.2, -0.15) is 4.31 Å². The Morgan fingerprint density at radius 1 is 1.03 bits per heavy atom. The van der Waals surface area contributed by atoms with Crippen LogP contribution in [0.3, 0.4) is 0 Å². The second-order valence-electron chi connectivity index (χ2n) is 9.13. The monoisotopic (exact) mass is 497 g/mol. The molecule has 2 fully saturated rings. The van der Waals surface area contributed by atoms with Crippen LogP contribution in [0.25, 0.3) is 10.8 Å². The number of imide groups is 1. The van der Waals surface area contributed by atoms with Crippen LogP contribution in [0.2, 0.25) is 0 Å². The number of rotatable bonds is 5. The third-order valence-corrected chi connectivity index (χ3v) is 8.99. The number of aromatic nitrogens is 1. The van der Waals surface area contributed by atoms with Crippen LogP contribution in [0, 0.1) is 13.8 Å². The molecule has 0 aliphatic carbocycles. The van der Waals surface area contributed by atoms with Crippen LogP contribution in [0.15, 0.2) is 51.9 Å². The Hall–Kier alpha value is -3.28. The van der Waals surface area contributed by atoms with Crippen molar-refractivity contribution in [3.05, 3.63) is 59.5 Å². The number of hydrogen-bond donors (Lipinski definition) is 1. The van der Waals surface area contributed by atoms with Gasteiger partial charge in [-0.05, 0) is 37.1 Å². The van der Waals surface area contributed by atoms with Crippen LogP contribution in [-0.2, 0) is 20.4 Å². The molecule has 0 spiro atoms. The molecule has 2 aliphatic heterocycles. The van der Waals surface area contributed by atoms with Crippen molar-refractivity contribution in [2.45, 2.75) is 31.2 Å². The van der Waals surface area contributed by atoms with Gasteiger partial charge in [-0.1, -0.05) is 47.6 Å². The number of amides is 3. The van der Waals surface area contributed by atoms with Crippen LogP contribution in [0.5, 0.6) is 0 Å². The molecule has 35 heavy (non-hydrogen) atoms. The number of fused-ring (bicyclic) bond motifs is 1. The fourth-order valence-corrected chi connectivity index (χ4v) is 6.67. The van der Waals surface area contributed by atoms with E-state index in [4.69, 9.17) is 4.52 Å². The zero-order valence-electron chi connectivity index (χ0n) is 19.8. The Labute approximate surface area is 203 Å². The molecule has 1 N–H and O–H groups in total. The number of piperazine rings is 1. The third kappa shape index (κ3) is 3.79. The van der Waals surface area contributed by atoms with E-state index in [1.807, 2.05) is 47.4 Å². The van der Waals surface area contributed by atoms with Gasteiger partial charge >= 0.3 is 6.03 Å². The van der Waals surface area contributed by atoms with Crippen molar-refractivity contribution in [2.75, 3.05) is 32.8 Å². The van der Waals surface area contributed by atoms with Gasteiger partial charge in [0.1, 0.15) is 16.1 Å². The highest BCUT2D eigenvalue weighted by molar-refractivity contribution is 7.89. The van der Waals surface area contributed by atoms with Crippen molar-refractivity contribution in [3.8, 4) is 0 Å². The van der Waals surface area contributed by atoms with E-state index < -0.39 is 21.6 Å². The van der Waals surface area contributed by atoms with Gasteiger partial charge in [-0.25, -0.2) is 18.1 Å². The van der Waals surface area contributed by atoms with E-state index in [-0.39, 0.29) is 36.3 Å². The molecule has 2 saturated heterocycles. The minimum Gasteiger partial charge on any atom is -0.360 e. The summed E-state index contributed by atoms with van der Waals surface area (Å²) >= 11 is 0. The number of carbonyl (C=O) groups excluding carboxylic acids is 2. The lowest BCUT2D eigenvalue weighted by atomic mass is 9.88. The lowest BCUT2D eigenvalue weighted by Crippen LogP contribution is -2.52. The first-order chi connectivity index (χ1) is 16.6. The molecule has 0 saturated carbocycles. The number of aryl methyl sites for hydroxylation is 2. The number of nitrogens with one attached hydrogen (secondary N) is 1. The van der Waals surface area contributed by atoms with Crippen LogP contribution in [0.1, 0.15) is 23.9 Å². The maximum absolute atomic E-state index is 13.5. The lowest BCUT2D eigenvalue weighted by molar-refractivity contribution is -0.132. The lowest BCUT2D eigenvalue weighted by Gasteiger charge is -2.35. The molecule has 1 aromatic heterocycles. The highest BCUT2D eigenvalue weighted by Crippen LogP contribution is 2.34. The fraction of sp³-hybridized carbons (Fsp3) is 0.375. The minimum atomic E-state index is -3.74. The SMILES string of the molecule is Cc1noc(C)c1S(=O)(=O)N1CCN(CN2C(=O)N[C@@](C)(c3cccc4ccccc34)C2=O)CC1. The number of carbonyl (C=O) groups is 2. The molecule has 11 heteroatoms. The number of benzene rings is 2. The minimum absolute atomic E-state index is 0.0875. The van der Waals surface area contributed by atoms with E-state index >= 15 is 0 Å². The van der Waals surface area contributed by atoms with Crippen molar-refractivity contribution in [1.82, 2.24) is 24.6 Å². The molecular formula is C24H27N5O5S. The van der Waals surface area contributed by atoms with Gasteiger partial charge in [0, 0.05) is 26.2 Å². The summed E-state index contributed by atoms with van der Waals surface area (Å²) in [6.45, 7) is 6.22. The maximum Gasteiger partial charge on any atom is 0.326 e. The summed E-state index contributed by atoms with van der Waals surface area (Å²) in [6, 6.07) is 13.0. The summed E-state index contributed by atoms with van der Waals surface area (Å²) in [6.07, 6.45) is 0. The van der Waals surface area contributed by atoms with E-state index in [0.717, 1.165) is 16.3 Å². The second kappa shape index (κ2) is 8.43. The molecule has 1 atom stereocenters. The molecule has 2 aromatic carbocycles. The quantitative estimate of drug-likeness (QED) is 0.537. The summed E-state index contributed by atoms with van der Waals surface area (Å²) in [5.74, 6) is -0.0680. The highest BCUT2D eigenvalue weighted by Gasteiger charge is 2.50. The van der Waals surface area contributed by atoms with Gasteiger partial charge in [0.25, 0.3) is 5.91 Å². The predicted molar refractivity (Wildman–Crippen MR) is 128 cm³/mol. The van der Waals surface area contributed by atoms with Gasteiger partial charge in [0.15, 0.2) is 5.76 Å². The van der Waals surface area contributed by atoms with Crippen LogP contribution >= 0.6 is 0 Å². The van der Waals surface area contributed by atoms with E-state index in [1.165, 1.54) is 9.21 Å². The van der Waals surface area contributed by atoms with Crippen molar-refractivity contribution in [2.24, 2.45) is 0 Å². The molecular weight excluding hydrogens is 470 g/mol. The summed E-state index contributed by atoms with van der Waals surface area (Å²) in [5.41, 5.74) is -0.115. The van der Waals surface area contributed by atoms with Crippen LogP contribution in [-0.4, -0.2) is 72.5 Å². The third-order valence-electron chi connectivity index (χ3n) is 6.84.